The van der Waals surface area contributed by atoms with Gasteiger partial charge in [-0.15, -0.1) is 0 Å². The maximum Gasteiger partial charge on any atom is 0.217 e. The lowest BCUT2D eigenvalue weighted by atomic mass is 10.2. The third kappa shape index (κ3) is 5.17. The summed E-state index contributed by atoms with van der Waals surface area (Å²) in [6.45, 7) is 4.57. The van der Waals surface area contributed by atoms with Crippen molar-refractivity contribution in [2.24, 2.45) is 0 Å². The maximum absolute atomic E-state index is 12.6. The van der Waals surface area contributed by atoms with E-state index in [-0.39, 0.29) is 12.4 Å². The highest BCUT2D eigenvalue weighted by Gasteiger charge is 2.27. The Morgan fingerprint density at radius 1 is 0.893 bits per heavy atom. The Hall–Kier alpha value is -2.25. The standard InChI is InChI=1S/C21H28N2O4S/c1-3-18-4-8-21(9-5-18)27-16-17-28(24,25)23-14-12-22(13-15-23)19-6-10-20(26-2)11-7-19/h4-11H,3,12-17H2,1-2H3. The molecule has 0 N–H and O–H groups in total. The molecule has 0 aromatic heterocycles. The van der Waals surface area contributed by atoms with E-state index in [1.54, 1.807) is 11.4 Å². The fraction of sp³-hybridized carbons (Fsp3) is 0.429. The molecular weight excluding hydrogens is 376 g/mol. The molecule has 0 radical (unpaired) electrons. The SMILES string of the molecule is CCc1ccc(OCCS(=O)(=O)N2CCN(c3ccc(OC)cc3)CC2)cc1. The van der Waals surface area contributed by atoms with Crippen LogP contribution in [0.1, 0.15) is 12.5 Å². The first-order chi connectivity index (χ1) is 13.5. The quantitative estimate of drug-likeness (QED) is 0.677. The Morgan fingerprint density at radius 3 is 2.07 bits per heavy atom. The van der Waals surface area contributed by atoms with E-state index in [1.165, 1.54) is 5.56 Å². The van der Waals surface area contributed by atoms with E-state index in [9.17, 15) is 8.42 Å². The van der Waals surface area contributed by atoms with Gasteiger partial charge in [0.1, 0.15) is 18.1 Å². The second-order valence-electron chi connectivity index (χ2n) is 6.75. The predicted molar refractivity (Wildman–Crippen MR) is 112 cm³/mol. The van der Waals surface area contributed by atoms with E-state index >= 15 is 0 Å². The maximum atomic E-state index is 12.6. The smallest absolute Gasteiger partial charge is 0.217 e. The number of benzene rings is 2. The highest BCUT2D eigenvalue weighted by atomic mass is 32.2. The van der Waals surface area contributed by atoms with Crippen molar-refractivity contribution >= 4 is 15.7 Å². The molecule has 2 aromatic rings. The van der Waals surface area contributed by atoms with Gasteiger partial charge in [-0.2, -0.15) is 4.31 Å². The summed E-state index contributed by atoms with van der Waals surface area (Å²) in [5.74, 6) is 1.51. The number of aryl methyl sites for hydroxylation is 1. The monoisotopic (exact) mass is 404 g/mol. The molecule has 1 aliphatic heterocycles. The molecule has 0 aliphatic carbocycles. The molecule has 1 fully saturated rings. The number of anilines is 1. The third-order valence-corrected chi connectivity index (χ3v) is 6.85. The minimum Gasteiger partial charge on any atom is -0.497 e. The summed E-state index contributed by atoms with van der Waals surface area (Å²) in [4.78, 5) is 2.19. The summed E-state index contributed by atoms with van der Waals surface area (Å²) in [6, 6.07) is 15.6. The van der Waals surface area contributed by atoms with Crippen molar-refractivity contribution in [3.63, 3.8) is 0 Å². The van der Waals surface area contributed by atoms with Crippen LogP contribution in [0.25, 0.3) is 0 Å². The second-order valence-corrected chi connectivity index (χ2v) is 8.83. The molecule has 0 unspecified atom stereocenters. The first-order valence-corrected chi connectivity index (χ1v) is 11.2. The van der Waals surface area contributed by atoms with Gasteiger partial charge in [0.2, 0.25) is 10.0 Å². The van der Waals surface area contributed by atoms with E-state index in [2.05, 4.69) is 11.8 Å². The minimum absolute atomic E-state index is 0.00886. The van der Waals surface area contributed by atoms with Gasteiger partial charge in [-0.1, -0.05) is 19.1 Å². The van der Waals surface area contributed by atoms with Gasteiger partial charge in [-0.25, -0.2) is 8.42 Å². The zero-order valence-corrected chi connectivity index (χ0v) is 17.3. The van der Waals surface area contributed by atoms with Gasteiger partial charge in [0.15, 0.2) is 0 Å². The number of methoxy groups -OCH3 is 1. The Bertz CT molecular complexity index is 843. The van der Waals surface area contributed by atoms with Crippen molar-refractivity contribution in [2.75, 3.05) is 50.5 Å². The number of hydrogen-bond acceptors (Lipinski definition) is 5. The van der Waals surface area contributed by atoms with E-state index in [0.717, 1.165) is 17.9 Å². The number of sulfonamides is 1. The Kier molecular flexibility index (Phi) is 6.80. The van der Waals surface area contributed by atoms with Crippen LogP contribution in [0, 0.1) is 0 Å². The molecule has 3 rings (SSSR count). The summed E-state index contributed by atoms with van der Waals surface area (Å²) < 4.78 is 37.6. The normalized spacial score (nSPS) is 15.4. The van der Waals surface area contributed by atoms with Crippen LogP contribution < -0.4 is 14.4 Å². The molecule has 2 aromatic carbocycles. The predicted octanol–water partition coefficient (Wildman–Crippen LogP) is 2.79. The van der Waals surface area contributed by atoms with E-state index in [0.29, 0.717) is 31.9 Å². The second kappa shape index (κ2) is 9.30. The van der Waals surface area contributed by atoms with E-state index in [1.807, 2.05) is 48.5 Å². The zero-order chi connectivity index (χ0) is 20.0. The summed E-state index contributed by atoms with van der Waals surface area (Å²) >= 11 is 0. The molecule has 1 aliphatic rings. The highest BCUT2D eigenvalue weighted by molar-refractivity contribution is 7.89. The molecule has 28 heavy (non-hydrogen) atoms. The number of ether oxygens (including phenoxy) is 2. The minimum atomic E-state index is -3.32. The topological polar surface area (TPSA) is 59.1 Å². The Morgan fingerprint density at radius 2 is 1.50 bits per heavy atom. The van der Waals surface area contributed by atoms with Crippen molar-refractivity contribution in [2.45, 2.75) is 13.3 Å². The fourth-order valence-corrected chi connectivity index (χ4v) is 4.50. The van der Waals surface area contributed by atoms with Crippen molar-refractivity contribution < 1.29 is 17.9 Å². The lowest BCUT2D eigenvalue weighted by molar-refractivity contribution is 0.331. The Labute approximate surface area is 167 Å². The van der Waals surface area contributed by atoms with Crippen LogP contribution in [-0.4, -0.2) is 58.4 Å². The first-order valence-electron chi connectivity index (χ1n) is 9.60. The average molecular weight is 405 g/mol. The van der Waals surface area contributed by atoms with E-state index < -0.39 is 10.0 Å². The summed E-state index contributed by atoms with van der Waals surface area (Å²) in [6.07, 6.45) is 0.969. The average Bonchev–Trinajstić information content (AvgIpc) is 2.74. The molecule has 6 nitrogen and oxygen atoms in total. The zero-order valence-electron chi connectivity index (χ0n) is 16.5. The number of piperazine rings is 1. The van der Waals surface area contributed by atoms with Crippen molar-refractivity contribution in [1.29, 1.82) is 0 Å². The van der Waals surface area contributed by atoms with Gasteiger partial charge in [0, 0.05) is 31.9 Å². The van der Waals surface area contributed by atoms with Gasteiger partial charge in [-0.3, -0.25) is 0 Å². The molecule has 0 bridgehead atoms. The Balaban J connectivity index is 1.48. The van der Waals surface area contributed by atoms with Crippen LogP contribution >= 0.6 is 0 Å². The van der Waals surface area contributed by atoms with Crippen LogP contribution in [0.3, 0.4) is 0 Å². The van der Waals surface area contributed by atoms with Gasteiger partial charge in [-0.05, 0) is 48.4 Å². The molecule has 0 amide bonds. The van der Waals surface area contributed by atoms with Crippen molar-refractivity contribution in [1.82, 2.24) is 4.31 Å². The van der Waals surface area contributed by atoms with Gasteiger partial charge in [0.05, 0.1) is 12.9 Å². The molecule has 1 saturated heterocycles. The lowest BCUT2D eigenvalue weighted by Gasteiger charge is -2.35. The number of hydrogen-bond donors (Lipinski definition) is 0. The van der Waals surface area contributed by atoms with Crippen LogP contribution in [0.15, 0.2) is 48.5 Å². The number of rotatable bonds is 8. The largest absolute Gasteiger partial charge is 0.497 e. The number of nitrogens with zero attached hydrogens (tertiary/aromatic N) is 2. The highest BCUT2D eigenvalue weighted by Crippen LogP contribution is 2.21. The summed E-state index contributed by atoms with van der Waals surface area (Å²) in [5.41, 5.74) is 2.31. The molecule has 1 heterocycles. The molecule has 0 saturated carbocycles. The molecular formula is C21H28N2O4S. The van der Waals surface area contributed by atoms with Crippen LogP contribution in [0.4, 0.5) is 5.69 Å². The van der Waals surface area contributed by atoms with Crippen molar-refractivity contribution in [3.05, 3.63) is 54.1 Å². The summed E-state index contributed by atoms with van der Waals surface area (Å²) in [5, 5.41) is 0. The molecule has 0 spiro atoms. The lowest BCUT2D eigenvalue weighted by Crippen LogP contribution is -2.49. The molecule has 0 atom stereocenters. The van der Waals surface area contributed by atoms with E-state index in [4.69, 9.17) is 9.47 Å². The van der Waals surface area contributed by atoms with Crippen molar-refractivity contribution in [3.8, 4) is 11.5 Å². The fourth-order valence-electron chi connectivity index (χ4n) is 3.23. The van der Waals surface area contributed by atoms with Crippen LogP contribution in [0.2, 0.25) is 0 Å². The summed E-state index contributed by atoms with van der Waals surface area (Å²) in [7, 11) is -1.68. The van der Waals surface area contributed by atoms with Gasteiger partial charge >= 0.3 is 0 Å². The molecule has 152 valence electrons. The molecule has 7 heteroatoms. The van der Waals surface area contributed by atoms with Gasteiger partial charge in [0.25, 0.3) is 0 Å². The van der Waals surface area contributed by atoms with Crippen LogP contribution in [0.5, 0.6) is 11.5 Å². The first kappa shape index (κ1) is 20.5. The van der Waals surface area contributed by atoms with Crippen LogP contribution in [-0.2, 0) is 16.4 Å². The third-order valence-electron chi connectivity index (χ3n) is 5.01. The van der Waals surface area contributed by atoms with Gasteiger partial charge < -0.3 is 14.4 Å².